The van der Waals surface area contributed by atoms with Crippen molar-refractivity contribution < 1.29 is 34.4 Å². The second-order valence-corrected chi connectivity index (χ2v) is 9.00. The first kappa shape index (κ1) is 24.9. The summed E-state index contributed by atoms with van der Waals surface area (Å²) in [5, 5.41) is 32.6. The molecule has 1 aliphatic carbocycles. The van der Waals surface area contributed by atoms with E-state index in [-0.39, 0.29) is 11.7 Å². The second-order valence-electron chi connectivity index (χ2n) is 9.00. The summed E-state index contributed by atoms with van der Waals surface area (Å²) in [5.41, 5.74) is -0.668. The number of allylic oxidation sites excluding steroid dienone is 1. The molecule has 1 saturated heterocycles. The summed E-state index contributed by atoms with van der Waals surface area (Å²) in [4.78, 5) is 22.7. The van der Waals surface area contributed by atoms with E-state index >= 15 is 0 Å². The summed E-state index contributed by atoms with van der Waals surface area (Å²) >= 11 is 0. The van der Waals surface area contributed by atoms with Gasteiger partial charge in [0.05, 0.1) is 12.2 Å². The first-order valence-corrected chi connectivity index (χ1v) is 10.8. The predicted molar refractivity (Wildman–Crippen MR) is 110 cm³/mol. The van der Waals surface area contributed by atoms with Crippen molar-refractivity contribution >= 4 is 11.7 Å². The highest BCUT2D eigenvalue weighted by Gasteiger charge is 2.47. The highest BCUT2D eigenvalue weighted by molar-refractivity contribution is 5.75. The van der Waals surface area contributed by atoms with E-state index in [4.69, 9.17) is 9.47 Å². The summed E-state index contributed by atoms with van der Waals surface area (Å²) < 4.78 is 11.9. The van der Waals surface area contributed by atoms with Gasteiger partial charge in [0.2, 0.25) is 5.91 Å². The fraction of sp³-hybridized carbons (Fsp3) is 0.818. The van der Waals surface area contributed by atoms with Crippen LogP contribution in [0.5, 0.6) is 0 Å². The number of nitrogens with one attached hydrogen (secondary N) is 1. The van der Waals surface area contributed by atoms with Gasteiger partial charge in [-0.1, -0.05) is 19.1 Å². The van der Waals surface area contributed by atoms with Crippen molar-refractivity contribution in [3.63, 3.8) is 0 Å². The normalized spacial score (nSPS) is 37.6. The number of rotatable bonds is 9. The van der Waals surface area contributed by atoms with Crippen molar-refractivity contribution in [1.29, 1.82) is 0 Å². The van der Waals surface area contributed by atoms with Gasteiger partial charge in [0, 0.05) is 13.3 Å². The highest BCUT2D eigenvalue weighted by atomic mass is 16.7. The standard InChI is InChI=1S/C22H37NO7/c1-13(6-5-7-14(2)25)16-8-10-22(4,11-9-16)30-21-18(23-15(3)26)20(28)19(27)17(12-24)29-21/h8,10,13,16-21,24,27-28H,5-7,9,11-12H2,1-4H3,(H,23,26). The van der Waals surface area contributed by atoms with Gasteiger partial charge in [0.25, 0.3) is 0 Å². The molecule has 2 rings (SSSR count). The zero-order chi connectivity index (χ0) is 22.5. The Balaban J connectivity index is 2.03. The molecule has 8 nitrogen and oxygen atoms in total. The Morgan fingerprint density at radius 1 is 1.30 bits per heavy atom. The van der Waals surface area contributed by atoms with Crippen LogP contribution < -0.4 is 5.32 Å². The van der Waals surface area contributed by atoms with Crippen LogP contribution in [0.2, 0.25) is 0 Å². The first-order valence-electron chi connectivity index (χ1n) is 10.8. The third-order valence-corrected chi connectivity index (χ3v) is 6.23. The zero-order valence-corrected chi connectivity index (χ0v) is 18.4. The fourth-order valence-electron chi connectivity index (χ4n) is 4.26. The van der Waals surface area contributed by atoms with Crippen LogP contribution in [0.1, 0.15) is 59.8 Å². The van der Waals surface area contributed by atoms with Crippen LogP contribution in [0.25, 0.3) is 0 Å². The lowest BCUT2D eigenvalue weighted by Crippen LogP contribution is -2.65. The van der Waals surface area contributed by atoms with E-state index in [0.29, 0.717) is 18.3 Å². The van der Waals surface area contributed by atoms with Gasteiger partial charge in [-0.05, 0) is 51.4 Å². The Labute approximate surface area is 178 Å². The molecule has 1 aliphatic heterocycles. The van der Waals surface area contributed by atoms with Crippen LogP contribution >= 0.6 is 0 Å². The number of amides is 1. The number of Topliss-reactive ketones (excluding diaryl/α,β-unsaturated/α-hetero) is 1. The van der Waals surface area contributed by atoms with E-state index in [1.807, 2.05) is 13.0 Å². The SMILES string of the molecule is CC(=O)CCCC(C)C1C=CC(C)(OC2OC(CO)C(O)C(O)C2NC(C)=O)CC1. The number of carbonyl (C=O) groups excluding carboxylic acids is 2. The molecule has 0 aromatic heterocycles. The predicted octanol–water partition coefficient (Wildman–Crippen LogP) is 1.07. The van der Waals surface area contributed by atoms with Gasteiger partial charge < -0.3 is 34.9 Å². The molecule has 4 N–H and O–H groups in total. The van der Waals surface area contributed by atoms with Crippen LogP contribution in [-0.4, -0.2) is 69.9 Å². The second kappa shape index (κ2) is 10.8. The molecule has 2 aliphatic rings. The summed E-state index contributed by atoms with van der Waals surface area (Å²) in [5.74, 6) is 0.690. The molecule has 0 saturated carbocycles. The van der Waals surface area contributed by atoms with E-state index in [9.17, 15) is 24.9 Å². The van der Waals surface area contributed by atoms with Gasteiger partial charge in [0.1, 0.15) is 30.1 Å². The highest BCUT2D eigenvalue weighted by Crippen LogP contribution is 2.36. The van der Waals surface area contributed by atoms with E-state index < -0.39 is 42.9 Å². The summed E-state index contributed by atoms with van der Waals surface area (Å²) in [6, 6.07) is -0.950. The molecule has 8 unspecified atom stereocenters. The molecule has 1 heterocycles. The van der Waals surface area contributed by atoms with Gasteiger partial charge in [0.15, 0.2) is 6.29 Å². The number of hydrogen-bond acceptors (Lipinski definition) is 7. The molecular formula is C22H37NO7. The molecule has 0 radical (unpaired) electrons. The minimum absolute atomic E-state index is 0.219. The molecule has 8 heteroatoms. The van der Waals surface area contributed by atoms with Gasteiger partial charge in [-0.25, -0.2) is 0 Å². The molecule has 30 heavy (non-hydrogen) atoms. The number of hydrogen-bond donors (Lipinski definition) is 4. The maximum absolute atomic E-state index is 11.6. The van der Waals surface area contributed by atoms with Crippen LogP contribution in [0.3, 0.4) is 0 Å². The molecule has 1 fully saturated rings. The lowest BCUT2D eigenvalue weighted by Gasteiger charge is -2.45. The van der Waals surface area contributed by atoms with Gasteiger partial charge in [-0.3, -0.25) is 4.79 Å². The Hall–Kier alpha value is -1.32. The van der Waals surface area contributed by atoms with Crippen molar-refractivity contribution in [3.8, 4) is 0 Å². The van der Waals surface area contributed by atoms with E-state index in [1.54, 1.807) is 6.92 Å². The lowest BCUT2D eigenvalue weighted by molar-refractivity contribution is -0.292. The summed E-state index contributed by atoms with van der Waals surface area (Å²) in [6.45, 7) is 6.57. The number of ether oxygens (including phenoxy) is 2. The van der Waals surface area contributed by atoms with Crippen LogP contribution in [0, 0.1) is 11.8 Å². The molecule has 0 aromatic carbocycles. The monoisotopic (exact) mass is 427 g/mol. The van der Waals surface area contributed by atoms with Crippen molar-refractivity contribution in [3.05, 3.63) is 12.2 Å². The van der Waals surface area contributed by atoms with E-state index in [1.165, 1.54) is 6.92 Å². The minimum Gasteiger partial charge on any atom is -0.394 e. The van der Waals surface area contributed by atoms with Crippen LogP contribution in [0.4, 0.5) is 0 Å². The molecule has 1 amide bonds. The third-order valence-electron chi connectivity index (χ3n) is 6.23. The van der Waals surface area contributed by atoms with Gasteiger partial charge in [-0.2, -0.15) is 0 Å². The number of ketones is 1. The summed E-state index contributed by atoms with van der Waals surface area (Å²) in [6.07, 6.45) is 3.58. The zero-order valence-electron chi connectivity index (χ0n) is 18.4. The minimum atomic E-state index is -1.33. The Kier molecular flexibility index (Phi) is 8.99. The van der Waals surface area contributed by atoms with Gasteiger partial charge in [-0.15, -0.1) is 0 Å². The average Bonchev–Trinajstić information content (AvgIpc) is 2.67. The average molecular weight is 428 g/mol. The first-order chi connectivity index (χ1) is 14.1. The smallest absolute Gasteiger partial charge is 0.217 e. The Morgan fingerprint density at radius 3 is 2.53 bits per heavy atom. The van der Waals surface area contributed by atoms with Crippen LogP contribution in [0.15, 0.2) is 12.2 Å². The molecule has 8 atom stereocenters. The third kappa shape index (κ3) is 6.59. The molecule has 172 valence electrons. The van der Waals surface area contributed by atoms with E-state index in [2.05, 4.69) is 18.3 Å². The Bertz CT molecular complexity index is 625. The number of aliphatic hydroxyl groups is 3. The Morgan fingerprint density at radius 2 is 2.00 bits per heavy atom. The van der Waals surface area contributed by atoms with Crippen molar-refractivity contribution in [1.82, 2.24) is 5.32 Å². The number of carbonyl (C=O) groups is 2. The fourth-order valence-corrected chi connectivity index (χ4v) is 4.26. The van der Waals surface area contributed by atoms with Crippen molar-refractivity contribution in [2.24, 2.45) is 11.8 Å². The van der Waals surface area contributed by atoms with Crippen molar-refractivity contribution in [2.75, 3.05) is 6.61 Å². The van der Waals surface area contributed by atoms with Crippen LogP contribution in [-0.2, 0) is 19.1 Å². The topological polar surface area (TPSA) is 125 Å². The maximum Gasteiger partial charge on any atom is 0.217 e. The molecule has 0 aromatic rings. The molecular weight excluding hydrogens is 390 g/mol. The van der Waals surface area contributed by atoms with Gasteiger partial charge >= 0.3 is 0 Å². The summed E-state index contributed by atoms with van der Waals surface area (Å²) in [7, 11) is 0. The maximum atomic E-state index is 11.6. The molecule has 0 spiro atoms. The lowest BCUT2D eigenvalue weighted by atomic mass is 9.78. The van der Waals surface area contributed by atoms with E-state index in [0.717, 1.165) is 25.7 Å². The molecule has 0 bridgehead atoms. The largest absolute Gasteiger partial charge is 0.394 e. The van der Waals surface area contributed by atoms with Crippen molar-refractivity contribution in [2.45, 2.75) is 96.0 Å². The number of aliphatic hydroxyl groups excluding tert-OH is 3. The quantitative estimate of drug-likeness (QED) is 0.406.